The van der Waals surface area contributed by atoms with Crippen LogP contribution >= 0.6 is 0 Å². The molecule has 0 fully saturated rings. The largest absolute Gasteiger partial charge is 0.326 e. The first kappa shape index (κ1) is 10.8. The van der Waals surface area contributed by atoms with Gasteiger partial charge in [0.05, 0.1) is 0 Å². The second kappa shape index (κ2) is 4.86. The number of hydrogen-bond acceptors (Lipinski definition) is 2. The first-order chi connectivity index (χ1) is 7.79. The normalized spacial score (nSPS) is 10.4. The summed E-state index contributed by atoms with van der Waals surface area (Å²) in [6, 6.07) is 10.7. The summed E-state index contributed by atoms with van der Waals surface area (Å²) in [5, 5.41) is 0. The maximum Gasteiger partial charge on any atom is 0.127 e. The molecule has 16 heavy (non-hydrogen) atoms. The summed E-state index contributed by atoms with van der Waals surface area (Å²) in [5.74, 6) is -0.214. The summed E-state index contributed by atoms with van der Waals surface area (Å²) in [5.41, 5.74) is 7.76. The number of rotatable bonds is 3. The van der Waals surface area contributed by atoms with Gasteiger partial charge in [0.2, 0.25) is 0 Å². The molecule has 1 aromatic carbocycles. The second-order valence-corrected chi connectivity index (χ2v) is 3.63. The number of halogens is 1. The first-order valence-electron chi connectivity index (χ1n) is 5.17. The van der Waals surface area contributed by atoms with Gasteiger partial charge in [-0.15, -0.1) is 0 Å². The van der Waals surface area contributed by atoms with Gasteiger partial charge in [0.15, 0.2) is 0 Å². The minimum absolute atomic E-state index is 0.214. The van der Waals surface area contributed by atoms with E-state index in [0.29, 0.717) is 18.5 Å². The Balaban J connectivity index is 2.22. The van der Waals surface area contributed by atoms with Crippen molar-refractivity contribution < 1.29 is 4.39 Å². The molecular formula is C13H13FN2. The van der Waals surface area contributed by atoms with Crippen LogP contribution in [0, 0.1) is 5.82 Å². The van der Waals surface area contributed by atoms with Gasteiger partial charge >= 0.3 is 0 Å². The standard InChI is InChI=1S/C13H13FN2/c14-13-7-10(9-15)4-5-11(13)8-12-3-1-2-6-16-12/h1-7H,8-9,15H2. The Labute approximate surface area is 93.9 Å². The van der Waals surface area contributed by atoms with E-state index in [1.54, 1.807) is 12.3 Å². The second-order valence-electron chi connectivity index (χ2n) is 3.63. The molecule has 0 spiro atoms. The third-order valence-electron chi connectivity index (χ3n) is 2.45. The van der Waals surface area contributed by atoms with Crippen molar-refractivity contribution in [2.45, 2.75) is 13.0 Å². The summed E-state index contributed by atoms with van der Waals surface area (Å²) < 4.78 is 13.6. The van der Waals surface area contributed by atoms with Crippen molar-refractivity contribution in [3.05, 3.63) is 65.2 Å². The first-order valence-corrected chi connectivity index (χ1v) is 5.17. The fourth-order valence-corrected chi connectivity index (χ4v) is 1.56. The van der Waals surface area contributed by atoms with Crippen molar-refractivity contribution >= 4 is 0 Å². The molecule has 0 saturated carbocycles. The fourth-order valence-electron chi connectivity index (χ4n) is 1.56. The Kier molecular flexibility index (Phi) is 3.27. The topological polar surface area (TPSA) is 38.9 Å². The van der Waals surface area contributed by atoms with Crippen LogP contribution in [0.25, 0.3) is 0 Å². The molecule has 0 aliphatic rings. The van der Waals surface area contributed by atoms with E-state index >= 15 is 0 Å². The SMILES string of the molecule is NCc1ccc(Cc2ccccn2)c(F)c1. The molecule has 2 aromatic rings. The summed E-state index contributed by atoms with van der Waals surface area (Å²) in [6.07, 6.45) is 2.22. The summed E-state index contributed by atoms with van der Waals surface area (Å²) in [4.78, 5) is 4.17. The van der Waals surface area contributed by atoms with Crippen LogP contribution in [0.4, 0.5) is 4.39 Å². The summed E-state index contributed by atoms with van der Waals surface area (Å²) in [7, 11) is 0. The van der Waals surface area contributed by atoms with Crippen molar-refractivity contribution in [2.75, 3.05) is 0 Å². The quantitative estimate of drug-likeness (QED) is 0.854. The van der Waals surface area contributed by atoms with E-state index in [1.807, 2.05) is 24.3 Å². The zero-order valence-corrected chi connectivity index (χ0v) is 8.86. The van der Waals surface area contributed by atoms with Crippen molar-refractivity contribution in [1.82, 2.24) is 4.98 Å². The Morgan fingerprint density at radius 2 is 2.06 bits per heavy atom. The highest BCUT2D eigenvalue weighted by Gasteiger charge is 2.04. The van der Waals surface area contributed by atoms with Crippen LogP contribution in [0.15, 0.2) is 42.6 Å². The summed E-state index contributed by atoms with van der Waals surface area (Å²) >= 11 is 0. The zero-order valence-electron chi connectivity index (χ0n) is 8.86. The Morgan fingerprint density at radius 1 is 1.19 bits per heavy atom. The molecule has 2 nitrogen and oxygen atoms in total. The lowest BCUT2D eigenvalue weighted by atomic mass is 10.1. The van der Waals surface area contributed by atoms with E-state index in [-0.39, 0.29) is 5.82 Å². The molecule has 0 aliphatic carbocycles. The molecule has 82 valence electrons. The summed E-state index contributed by atoms with van der Waals surface area (Å²) in [6.45, 7) is 0.362. The van der Waals surface area contributed by atoms with Crippen LogP contribution in [-0.4, -0.2) is 4.98 Å². The average molecular weight is 216 g/mol. The number of benzene rings is 1. The van der Waals surface area contributed by atoms with E-state index in [1.165, 1.54) is 6.07 Å². The third kappa shape index (κ3) is 2.44. The number of nitrogens with two attached hydrogens (primary N) is 1. The van der Waals surface area contributed by atoms with Crippen LogP contribution in [0.2, 0.25) is 0 Å². The van der Waals surface area contributed by atoms with Crippen LogP contribution in [0.3, 0.4) is 0 Å². The third-order valence-corrected chi connectivity index (χ3v) is 2.45. The Morgan fingerprint density at radius 3 is 2.69 bits per heavy atom. The molecule has 0 bridgehead atoms. The molecule has 1 heterocycles. The predicted molar refractivity (Wildman–Crippen MR) is 61.3 cm³/mol. The maximum absolute atomic E-state index is 13.6. The van der Waals surface area contributed by atoms with E-state index in [4.69, 9.17) is 5.73 Å². The van der Waals surface area contributed by atoms with Crippen molar-refractivity contribution in [3.8, 4) is 0 Å². The van der Waals surface area contributed by atoms with Gasteiger partial charge in [-0.25, -0.2) is 4.39 Å². The highest BCUT2D eigenvalue weighted by atomic mass is 19.1. The lowest BCUT2D eigenvalue weighted by molar-refractivity contribution is 0.611. The van der Waals surface area contributed by atoms with Gasteiger partial charge in [-0.05, 0) is 29.3 Å². The number of hydrogen-bond donors (Lipinski definition) is 1. The molecule has 0 aliphatic heterocycles. The number of pyridine rings is 1. The van der Waals surface area contributed by atoms with E-state index in [0.717, 1.165) is 11.3 Å². The smallest absolute Gasteiger partial charge is 0.127 e. The van der Waals surface area contributed by atoms with Gasteiger partial charge in [0.1, 0.15) is 5.82 Å². The predicted octanol–water partition coefficient (Wildman–Crippen LogP) is 2.27. The minimum atomic E-state index is -0.214. The van der Waals surface area contributed by atoms with Gasteiger partial charge in [-0.3, -0.25) is 4.98 Å². The van der Waals surface area contributed by atoms with Gasteiger partial charge in [0.25, 0.3) is 0 Å². The molecule has 0 radical (unpaired) electrons. The van der Waals surface area contributed by atoms with Crippen LogP contribution in [-0.2, 0) is 13.0 Å². The van der Waals surface area contributed by atoms with Crippen molar-refractivity contribution in [1.29, 1.82) is 0 Å². The van der Waals surface area contributed by atoms with Gasteiger partial charge in [-0.2, -0.15) is 0 Å². The monoisotopic (exact) mass is 216 g/mol. The minimum Gasteiger partial charge on any atom is -0.326 e. The molecule has 0 atom stereocenters. The average Bonchev–Trinajstić information content (AvgIpc) is 2.33. The van der Waals surface area contributed by atoms with E-state index in [9.17, 15) is 4.39 Å². The highest BCUT2D eigenvalue weighted by Crippen LogP contribution is 2.13. The van der Waals surface area contributed by atoms with Gasteiger partial charge in [-0.1, -0.05) is 18.2 Å². The lowest BCUT2D eigenvalue weighted by Crippen LogP contribution is -2.00. The van der Waals surface area contributed by atoms with Crippen LogP contribution in [0.5, 0.6) is 0 Å². The fraction of sp³-hybridized carbons (Fsp3) is 0.154. The highest BCUT2D eigenvalue weighted by molar-refractivity contribution is 5.27. The zero-order chi connectivity index (χ0) is 11.4. The molecule has 0 saturated heterocycles. The van der Waals surface area contributed by atoms with Gasteiger partial charge < -0.3 is 5.73 Å². The van der Waals surface area contributed by atoms with Crippen LogP contribution < -0.4 is 5.73 Å². The van der Waals surface area contributed by atoms with Crippen LogP contribution in [0.1, 0.15) is 16.8 Å². The van der Waals surface area contributed by atoms with Gasteiger partial charge in [0, 0.05) is 24.9 Å². The molecule has 0 amide bonds. The molecule has 0 unspecified atom stereocenters. The van der Waals surface area contributed by atoms with E-state index in [2.05, 4.69) is 4.98 Å². The van der Waals surface area contributed by atoms with Crippen molar-refractivity contribution in [3.63, 3.8) is 0 Å². The number of aromatic nitrogens is 1. The molecule has 2 rings (SSSR count). The Bertz CT molecular complexity index is 469. The molecule has 2 N–H and O–H groups in total. The van der Waals surface area contributed by atoms with Crippen molar-refractivity contribution in [2.24, 2.45) is 5.73 Å². The molecule has 1 aromatic heterocycles. The molecule has 3 heteroatoms. The number of nitrogens with zero attached hydrogens (tertiary/aromatic N) is 1. The lowest BCUT2D eigenvalue weighted by Gasteiger charge is -2.04. The van der Waals surface area contributed by atoms with E-state index < -0.39 is 0 Å². The maximum atomic E-state index is 13.6. The molecular weight excluding hydrogens is 203 g/mol. The Hall–Kier alpha value is -1.74.